The van der Waals surface area contributed by atoms with E-state index in [-0.39, 0.29) is 6.54 Å². The van der Waals surface area contributed by atoms with Gasteiger partial charge in [0.25, 0.3) is 0 Å². The molecule has 0 bridgehead atoms. The van der Waals surface area contributed by atoms with Gasteiger partial charge in [0.05, 0.1) is 0 Å². The predicted octanol–water partition coefficient (Wildman–Crippen LogP) is 2.22. The molecule has 5 nitrogen and oxygen atoms in total. The first kappa shape index (κ1) is 14.9. The second-order valence-corrected chi connectivity index (χ2v) is 5.49. The summed E-state index contributed by atoms with van der Waals surface area (Å²) in [4.78, 5) is 28.1. The highest BCUT2D eigenvalue weighted by atomic mass is 32.1. The molecule has 0 saturated carbocycles. The fourth-order valence-electron chi connectivity index (χ4n) is 1.56. The summed E-state index contributed by atoms with van der Waals surface area (Å²) in [5.74, 6) is -1.39. The zero-order chi connectivity index (χ0) is 15.1. The van der Waals surface area contributed by atoms with Crippen LogP contribution in [-0.4, -0.2) is 23.3 Å². The number of nitrogens with one attached hydrogen (secondary N) is 2. The van der Waals surface area contributed by atoms with E-state index in [2.05, 4.69) is 15.6 Å². The topological polar surface area (TPSA) is 71.1 Å². The molecule has 2 rings (SSSR count). The zero-order valence-electron chi connectivity index (χ0n) is 11.5. The molecule has 0 spiro atoms. The standard InChI is InChI=1S/C15H15N3O2S/c1-11-10-17-15(21-11)18-14(20)13(19)16-9-5-8-12-6-3-2-4-7-12/h2-8,10H,9H2,1H3,(H,16,19)(H,17,18,20)/b8-5+. The molecule has 0 fully saturated rings. The molecular formula is C15H15N3O2S. The van der Waals surface area contributed by atoms with Crippen molar-refractivity contribution < 1.29 is 9.59 Å². The molecule has 2 N–H and O–H groups in total. The highest BCUT2D eigenvalue weighted by molar-refractivity contribution is 7.15. The quantitative estimate of drug-likeness (QED) is 0.851. The summed E-state index contributed by atoms with van der Waals surface area (Å²) in [5, 5.41) is 5.40. The summed E-state index contributed by atoms with van der Waals surface area (Å²) in [5.41, 5.74) is 1.04. The highest BCUT2D eigenvalue weighted by Gasteiger charge is 2.13. The van der Waals surface area contributed by atoms with Crippen molar-refractivity contribution in [3.63, 3.8) is 0 Å². The van der Waals surface area contributed by atoms with E-state index >= 15 is 0 Å². The Hall–Kier alpha value is -2.47. The van der Waals surface area contributed by atoms with Gasteiger partial charge in [-0.2, -0.15) is 0 Å². The van der Waals surface area contributed by atoms with E-state index in [9.17, 15) is 9.59 Å². The van der Waals surface area contributed by atoms with E-state index in [4.69, 9.17) is 0 Å². The van der Waals surface area contributed by atoms with Crippen molar-refractivity contribution in [3.05, 3.63) is 53.0 Å². The lowest BCUT2D eigenvalue weighted by atomic mass is 10.2. The predicted molar refractivity (Wildman–Crippen MR) is 84.0 cm³/mol. The maximum absolute atomic E-state index is 11.6. The number of nitrogens with zero attached hydrogens (tertiary/aromatic N) is 1. The average Bonchev–Trinajstić information content (AvgIpc) is 2.89. The van der Waals surface area contributed by atoms with Crippen LogP contribution in [0, 0.1) is 6.92 Å². The Morgan fingerprint density at radius 1 is 1.24 bits per heavy atom. The van der Waals surface area contributed by atoms with Crippen LogP contribution in [0.4, 0.5) is 5.13 Å². The number of aromatic nitrogens is 1. The second-order valence-electron chi connectivity index (χ2n) is 4.25. The third kappa shape index (κ3) is 4.85. The number of hydrogen-bond donors (Lipinski definition) is 2. The third-order valence-electron chi connectivity index (χ3n) is 2.54. The Balaban J connectivity index is 1.76. The molecule has 0 aliphatic carbocycles. The van der Waals surface area contributed by atoms with Crippen LogP contribution < -0.4 is 10.6 Å². The number of hydrogen-bond acceptors (Lipinski definition) is 4. The van der Waals surface area contributed by atoms with Crippen LogP contribution in [0.5, 0.6) is 0 Å². The number of thiazole rings is 1. The van der Waals surface area contributed by atoms with Gasteiger partial charge in [0.2, 0.25) is 0 Å². The molecule has 0 saturated heterocycles. The summed E-state index contributed by atoms with van der Waals surface area (Å²) in [6, 6.07) is 9.71. The Morgan fingerprint density at radius 2 is 2.00 bits per heavy atom. The van der Waals surface area contributed by atoms with Crippen molar-refractivity contribution in [1.29, 1.82) is 0 Å². The number of amides is 2. The molecule has 108 valence electrons. The van der Waals surface area contributed by atoms with E-state index < -0.39 is 11.8 Å². The zero-order valence-corrected chi connectivity index (χ0v) is 12.3. The molecule has 1 heterocycles. The Kier molecular flexibility index (Phi) is 5.22. The van der Waals surface area contributed by atoms with Gasteiger partial charge in [0.1, 0.15) is 0 Å². The summed E-state index contributed by atoms with van der Waals surface area (Å²) >= 11 is 1.32. The van der Waals surface area contributed by atoms with Gasteiger partial charge >= 0.3 is 11.8 Å². The average molecular weight is 301 g/mol. The summed E-state index contributed by atoms with van der Waals surface area (Å²) < 4.78 is 0. The fraction of sp³-hybridized carbons (Fsp3) is 0.133. The minimum atomic E-state index is -0.711. The molecule has 1 aromatic carbocycles. The SMILES string of the molecule is Cc1cnc(NC(=O)C(=O)NC/C=C/c2ccccc2)s1. The smallest absolute Gasteiger partial charge is 0.315 e. The van der Waals surface area contributed by atoms with Gasteiger partial charge < -0.3 is 5.32 Å². The maximum atomic E-state index is 11.6. The lowest BCUT2D eigenvalue weighted by molar-refractivity contribution is -0.136. The molecule has 0 atom stereocenters. The lowest BCUT2D eigenvalue weighted by Crippen LogP contribution is -2.35. The van der Waals surface area contributed by atoms with Crippen molar-refractivity contribution in [2.75, 3.05) is 11.9 Å². The first-order valence-corrected chi connectivity index (χ1v) is 7.20. The van der Waals surface area contributed by atoms with Gasteiger partial charge in [0, 0.05) is 17.6 Å². The third-order valence-corrected chi connectivity index (χ3v) is 3.37. The molecule has 0 aliphatic heterocycles. The van der Waals surface area contributed by atoms with Crippen LogP contribution in [0.15, 0.2) is 42.6 Å². The molecule has 21 heavy (non-hydrogen) atoms. The number of carbonyl (C=O) groups is 2. The first-order chi connectivity index (χ1) is 10.1. The van der Waals surface area contributed by atoms with Gasteiger partial charge in [-0.25, -0.2) is 4.98 Å². The molecule has 2 amide bonds. The number of anilines is 1. The van der Waals surface area contributed by atoms with Crippen LogP contribution in [0.2, 0.25) is 0 Å². The lowest BCUT2D eigenvalue weighted by Gasteiger charge is -2.01. The van der Waals surface area contributed by atoms with E-state index in [1.165, 1.54) is 11.3 Å². The minimum Gasteiger partial charge on any atom is -0.344 e. The minimum absolute atomic E-state index is 0.290. The van der Waals surface area contributed by atoms with Crippen molar-refractivity contribution in [2.24, 2.45) is 0 Å². The number of carbonyl (C=O) groups excluding carboxylic acids is 2. The first-order valence-electron chi connectivity index (χ1n) is 6.38. The molecule has 6 heteroatoms. The van der Waals surface area contributed by atoms with E-state index in [0.717, 1.165) is 10.4 Å². The largest absolute Gasteiger partial charge is 0.344 e. The number of aryl methyl sites for hydroxylation is 1. The van der Waals surface area contributed by atoms with Gasteiger partial charge in [0.15, 0.2) is 5.13 Å². The summed E-state index contributed by atoms with van der Waals surface area (Å²) in [6.45, 7) is 2.17. The van der Waals surface area contributed by atoms with Crippen LogP contribution in [-0.2, 0) is 9.59 Å². The molecule has 0 aliphatic rings. The van der Waals surface area contributed by atoms with E-state index in [1.807, 2.05) is 43.3 Å². The maximum Gasteiger partial charge on any atom is 0.315 e. The van der Waals surface area contributed by atoms with E-state index in [1.54, 1.807) is 12.3 Å². The van der Waals surface area contributed by atoms with Crippen molar-refractivity contribution >= 4 is 34.4 Å². The van der Waals surface area contributed by atoms with Gasteiger partial charge in [-0.3, -0.25) is 14.9 Å². The highest BCUT2D eigenvalue weighted by Crippen LogP contribution is 2.15. The summed E-state index contributed by atoms with van der Waals surface area (Å²) in [6.07, 6.45) is 5.30. The molecular weight excluding hydrogens is 286 g/mol. The van der Waals surface area contributed by atoms with Crippen LogP contribution >= 0.6 is 11.3 Å². The van der Waals surface area contributed by atoms with Crippen molar-refractivity contribution in [2.45, 2.75) is 6.92 Å². The molecule has 1 aromatic heterocycles. The van der Waals surface area contributed by atoms with Gasteiger partial charge in [-0.1, -0.05) is 42.5 Å². The van der Waals surface area contributed by atoms with Crippen LogP contribution in [0.1, 0.15) is 10.4 Å². The fourth-order valence-corrected chi connectivity index (χ4v) is 2.22. The number of rotatable bonds is 4. The van der Waals surface area contributed by atoms with Gasteiger partial charge in [-0.05, 0) is 12.5 Å². The molecule has 0 unspecified atom stereocenters. The monoisotopic (exact) mass is 301 g/mol. The van der Waals surface area contributed by atoms with Crippen molar-refractivity contribution in [1.82, 2.24) is 10.3 Å². The van der Waals surface area contributed by atoms with Crippen LogP contribution in [0.25, 0.3) is 6.08 Å². The Morgan fingerprint density at radius 3 is 2.67 bits per heavy atom. The second kappa shape index (κ2) is 7.35. The molecule has 0 radical (unpaired) electrons. The Bertz CT molecular complexity index is 650. The Labute approximate surface area is 126 Å². The van der Waals surface area contributed by atoms with E-state index in [0.29, 0.717) is 5.13 Å². The molecule has 2 aromatic rings. The van der Waals surface area contributed by atoms with Gasteiger partial charge in [-0.15, -0.1) is 11.3 Å². The number of benzene rings is 1. The summed E-state index contributed by atoms with van der Waals surface area (Å²) in [7, 11) is 0. The van der Waals surface area contributed by atoms with Crippen LogP contribution in [0.3, 0.4) is 0 Å². The van der Waals surface area contributed by atoms with Crippen molar-refractivity contribution in [3.8, 4) is 0 Å². The normalized spacial score (nSPS) is 10.5.